The number of amides is 1. The van der Waals surface area contributed by atoms with Gasteiger partial charge < -0.3 is 9.64 Å². The van der Waals surface area contributed by atoms with Crippen LogP contribution in [0.25, 0.3) is 0 Å². The summed E-state index contributed by atoms with van der Waals surface area (Å²) < 4.78 is 19.9. The number of ketones is 1. The molecule has 2 aliphatic rings. The zero-order valence-electron chi connectivity index (χ0n) is 13.0. The lowest BCUT2D eigenvalue weighted by molar-refractivity contribution is 0.0427. The van der Waals surface area contributed by atoms with Crippen LogP contribution in [0.2, 0.25) is 0 Å². The van der Waals surface area contributed by atoms with E-state index >= 15 is 0 Å². The van der Waals surface area contributed by atoms with Gasteiger partial charge in [-0.1, -0.05) is 24.3 Å². The van der Waals surface area contributed by atoms with Crippen LogP contribution >= 0.6 is 0 Å². The molecule has 2 aromatic carbocycles. The number of hydrogen-bond acceptors (Lipinski definition) is 3. The maximum absolute atomic E-state index is 13.9. The van der Waals surface area contributed by atoms with E-state index in [4.69, 9.17) is 4.74 Å². The number of carbonyl (C=O) groups is 2. The third-order valence-corrected chi connectivity index (χ3v) is 4.70. The van der Waals surface area contributed by atoms with Crippen molar-refractivity contribution in [1.82, 2.24) is 4.90 Å². The molecular weight excluding hydrogens is 309 g/mol. The molecule has 4 rings (SSSR count). The van der Waals surface area contributed by atoms with Crippen LogP contribution < -0.4 is 4.74 Å². The molecule has 1 amide bonds. The van der Waals surface area contributed by atoms with Crippen molar-refractivity contribution >= 4 is 11.7 Å². The molecule has 2 aromatic rings. The van der Waals surface area contributed by atoms with Crippen molar-refractivity contribution in [2.75, 3.05) is 13.1 Å². The third kappa shape index (κ3) is 2.37. The van der Waals surface area contributed by atoms with Crippen molar-refractivity contribution in [2.24, 2.45) is 0 Å². The molecule has 0 aliphatic carbocycles. The Hall–Kier alpha value is -2.69. The van der Waals surface area contributed by atoms with Gasteiger partial charge in [-0.3, -0.25) is 9.59 Å². The fourth-order valence-corrected chi connectivity index (χ4v) is 3.49. The Kier molecular flexibility index (Phi) is 3.37. The van der Waals surface area contributed by atoms with Crippen molar-refractivity contribution in [2.45, 2.75) is 18.4 Å². The molecule has 1 saturated heterocycles. The van der Waals surface area contributed by atoms with E-state index in [0.29, 0.717) is 30.8 Å². The number of benzene rings is 2. The molecule has 0 saturated carbocycles. The first-order valence-corrected chi connectivity index (χ1v) is 7.93. The Morgan fingerprint density at radius 3 is 2.71 bits per heavy atom. The van der Waals surface area contributed by atoms with Crippen LogP contribution in [0.3, 0.4) is 0 Å². The van der Waals surface area contributed by atoms with Gasteiger partial charge in [0.05, 0.1) is 24.1 Å². The van der Waals surface area contributed by atoms with Crippen LogP contribution in [0.15, 0.2) is 48.5 Å². The Balaban J connectivity index is 1.58. The topological polar surface area (TPSA) is 46.6 Å². The highest BCUT2D eigenvalue weighted by Gasteiger charge is 2.47. The zero-order valence-corrected chi connectivity index (χ0v) is 13.0. The van der Waals surface area contributed by atoms with Gasteiger partial charge in [-0.15, -0.1) is 0 Å². The predicted molar refractivity (Wildman–Crippen MR) is 85.7 cm³/mol. The molecule has 0 radical (unpaired) electrons. The van der Waals surface area contributed by atoms with Gasteiger partial charge in [-0.2, -0.15) is 0 Å². The van der Waals surface area contributed by atoms with Gasteiger partial charge in [-0.05, 0) is 24.3 Å². The van der Waals surface area contributed by atoms with Crippen LogP contribution in [0.5, 0.6) is 5.75 Å². The van der Waals surface area contributed by atoms with E-state index in [1.165, 1.54) is 12.1 Å². The largest absolute Gasteiger partial charge is 0.484 e. The molecule has 1 unspecified atom stereocenters. The van der Waals surface area contributed by atoms with Gasteiger partial charge in [0.25, 0.3) is 5.91 Å². The minimum absolute atomic E-state index is 0.0250. The summed E-state index contributed by atoms with van der Waals surface area (Å²) in [5.74, 6) is -0.305. The normalized spacial score (nSPS) is 22.4. The van der Waals surface area contributed by atoms with Crippen LogP contribution in [0.1, 0.15) is 33.6 Å². The average Bonchev–Trinajstić information content (AvgIpc) is 2.98. The quantitative estimate of drug-likeness (QED) is 0.809. The van der Waals surface area contributed by atoms with E-state index in [1.807, 2.05) is 6.07 Å². The van der Waals surface area contributed by atoms with E-state index in [1.54, 1.807) is 35.2 Å². The van der Waals surface area contributed by atoms with Crippen LogP contribution in [0.4, 0.5) is 4.39 Å². The summed E-state index contributed by atoms with van der Waals surface area (Å²) in [6.45, 7) is 0.739. The molecule has 2 aliphatic heterocycles. The summed E-state index contributed by atoms with van der Waals surface area (Å²) in [5.41, 5.74) is -0.0640. The van der Waals surface area contributed by atoms with Gasteiger partial charge >= 0.3 is 0 Å². The summed E-state index contributed by atoms with van der Waals surface area (Å²) in [6, 6.07) is 13.1. The smallest absolute Gasteiger partial charge is 0.256 e. The molecular formula is C19H16FNO3. The number of nitrogens with zero attached hydrogens (tertiary/aromatic N) is 1. The second-order valence-electron chi connectivity index (χ2n) is 6.34. The van der Waals surface area contributed by atoms with Crippen molar-refractivity contribution in [3.05, 3.63) is 65.5 Å². The number of halogens is 1. The molecule has 0 aromatic heterocycles. The fourth-order valence-electron chi connectivity index (χ4n) is 3.49. The van der Waals surface area contributed by atoms with Gasteiger partial charge in [0, 0.05) is 13.0 Å². The number of likely N-dealkylation sites (tertiary alicyclic amines) is 1. The minimum Gasteiger partial charge on any atom is -0.484 e. The lowest BCUT2D eigenvalue weighted by Gasteiger charge is -2.34. The van der Waals surface area contributed by atoms with Crippen molar-refractivity contribution in [3.63, 3.8) is 0 Å². The average molecular weight is 325 g/mol. The lowest BCUT2D eigenvalue weighted by Crippen LogP contribution is -2.45. The van der Waals surface area contributed by atoms with Crippen LogP contribution in [-0.4, -0.2) is 35.3 Å². The highest BCUT2D eigenvalue weighted by atomic mass is 19.1. The molecule has 1 atom stereocenters. The second-order valence-corrected chi connectivity index (χ2v) is 6.34. The number of rotatable bonds is 1. The number of carbonyl (C=O) groups excluding carboxylic acids is 2. The lowest BCUT2D eigenvalue weighted by atomic mass is 9.89. The highest BCUT2D eigenvalue weighted by molar-refractivity contribution is 6.00. The molecule has 24 heavy (non-hydrogen) atoms. The molecule has 4 nitrogen and oxygen atoms in total. The van der Waals surface area contributed by atoms with E-state index in [2.05, 4.69) is 0 Å². The van der Waals surface area contributed by atoms with E-state index in [0.717, 1.165) is 0 Å². The van der Waals surface area contributed by atoms with Crippen molar-refractivity contribution < 1.29 is 18.7 Å². The number of Topliss-reactive ketones (excluding diaryl/α,β-unsaturated/α-hetero) is 1. The number of hydrogen-bond donors (Lipinski definition) is 0. The maximum Gasteiger partial charge on any atom is 0.256 e. The molecule has 5 heteroatoms. The Morgan fingerprint density at radius 2 is 1.88 bits per heavy atom. The molecule has 1 fully saturated rings. The maximum atomic E-state index is 13.9. The summed E-state index contributed by atoms with van der Waals surface area (Å²) in [7, 11) is 0. The number of ether oxygens (including phenoxy) is 1. The first kappa shape index (κ1) is 14.9. The summed E-state index contributed by atoms with van der Waals surface area (Å²) in [4.78, 5) is 26.5. The molecule has 0 N–H and O–H groups in total. The molecule has 122 valence electrons. The Morgan fingerprint density at radius 1 is 1.12 bits per heavy atom. The monoisotopic (exact) mass is 325 g/mol. The second kappa shape index (κ2) is 5.44. The number of para-hydroxylation sites is 1. The first-order valence-electron chi connectivity index (χ1n) is 7.93. The molecule has 2 heterocycles. The van der Waals surface area contributed by atoms with Crippen molar-refractivity contribution in [3.8, 4) is 5.75 Å². The fraction of sp³-hybridized carbons (Fsp3) is 0.263. The van der Waals surface area contributed by atoms with E-state index < -0.39 is 11.4 Å². The molecule has 1 spiro atoms. The van der Waals surface area contributed by atoms with E-state index in [-0.39, 0.29) is 23.7 Å². The van der Waals surface area contributed by atoms with Gasteiger partial charge in [0.2, 0.25) is 0 Å². The standard InChI is InChI=1S/C19H16FNO3/c20-15-7-3-1-5-13(15)18(23)21-10-9-19(12-21)11-16(22)14-6-2-4-8-17(14)24-19/h1-8H,9-12H2. The van der Waals surface area contributed by atoms with Gasteiger partial charge in [0.15, 0.2) is 5.78 Å². The minimum atomic E-state index is -0.702. The first-order chi connectivity index (χ1) is 11.6. The van der Waals surface area contributed by atoms with Crippen LogP contribution in [-0.2, 0) is 0 Å². The third-order valence-electron chi connectivity index (χ3n) is 4.70. The number of fused-ring (bicyclic) bond motifs is 1. The van der Waals surface area contributed by atoms with E-state index in [9.17, 15) is 14.0 Å². The van der Waals surface area contributed by atoms with Crippen LogP contribution in [0, 0.1) is 5.82 Å². The van der Waals surface area contributed by atoms with Gasteiger partial charge in [0.1, 0.15) is 17.2 Å². The summed E-state index contributed by atoms with van der Waals surface area (Å²) >= 11 is 0. The summed E-state index contributed by atoms with van der Waals surface area (Å²) in [6.07, 6.45) is 0.804. The zero-order chi connectivity index (χ0) is 16.7. The van der Waals surface area contributed by atoms with Crippen molar-refractivity contribution in [1.29, 1.82) is 0 Å². The highest BCUT2D eigenvalue weighted by Crippen LogP contribution is 2.38. The Labute approximate surface area is 138 Å². The SMILES string of the molecule is O=C1CC2(CCN(C(=O)c3ccccc3F)C2)Oc2ccccc21. The predicted octanol–water partition coefficient (Wildman–Crippen LogP) is 3.08. The molecule has 0 bridgehead atoms. The summed E-state index contributed by atoms with van der Waals surface area (Å²) in [5, 5.41) is 0. The van der Waals surface area contributed by atoms with Gasteiger partial charge in [-0.25, -0.2) is 4.39 Å². The Bertz CT molecular complexity index is 835.